The minimum atomic E-state index is -4.39. The number of halogens is 3. The lowest BCUT2D eigenvalue weighted by atomic mass is 9.98. The highest BCUT2D eigenvalue weighted by molar-refractivity contribution is 5.82. The Balaban J connectivity index is 1.76. The maximum atomic E-state index is 12.6. The number of hydrogen-bond acceptors (Lipinski definition) is 4. The fourth-order valence-electron chi connectivity index (χ4n) is 3.60. The Morgan fingerprint density at radius 2 is 2.04 bits per heavy atom. The monoisotopic (exact) mass is 358 g/mol. The van der Waals surface area contributed by atoms with Gasteiger partial charge in [-0.1, -0.05) is 0 Å². The predicted octanol–water partition coefficient (Wildman–Crippen LogP) is 1.17. The molecule has 0 unspecified atom stereocenters. The molecule has 3 heterocycles. The number of carbonyl (C=O) groups excluding carboxylic acids is 1. The number of aromatic nitrogens is 2. The fraction of sp³-hybridized carbons (Fsp3) is 0.688. The van der Waals surface area contributed by atoms with Crippen LogP contribution in [0.25, 0.3) is 0 Å². The van der Waals surface area contributed by atoms with Crippen LogP contribution in [0.15, 0.2) is 11.1 Å². The summed E-state index contributed by atoms with van der Waals surface area (Å²) in [4.78, 5) is 31.9. The Morgan fingerprint density at radius 3 is 2.72 bits per heavy atom. The Labute approximate surface area is 143 Å². The number of carbonyl (C=O) groups is 1. The number of amides is 1. The first-order valence-electron chi connectivity index (χ1n) is 8.47. The van der Waals surface area contributed by atoms with Gasteiger partial charge in [-0.2, -0.15) is 13.2 Å². The molecule has 3 rings (SSSR count). The molecule has 6 nitrogen and oxygen atoms in total. The minimum absolute atomic E-state index is 0.0687. The normalized spacial score (nSPS) is 22.2. The molecule has 0 radical (unpaired) electrons. The van der Waals surface area contributed by atoms with Crippen LogP contribution in [0.4, 0.5) is 13.2 Å². The molecule has 0 bridgehead atoms. The van der Waals surface area contributed by atoms with Gasteiger partial charge in [0.15, 0.2) is 0 Å². The zero-order valence-electron chi connectivity index (χ0n) is 14.1. The van der Waals surface area contributed by atoms with E-state index in [0.717, 1.165) is 4.90 Å². The predicted molar refractivity (Wildman–Crippen MR) is 83.9 cm³/mol. The quantitative estimate of drug-likeness (QED) is 0.814. The Kier molecular flexibility index (Phi) is 4.86. The Bertz CT molecular complexity index is 716. The van der Waals surface area contributed by atoms with Crippen molar-refractivity contribution >= 4 is 5.91 Å². The second-order valence-corrected chi connectivity index (χ2v) is 6.51. The number of aryl methyl sites for hydroxylation is 1. The molecule has 1 aromatic heterocycles. The van der Waals surface area contributed by atoms with Crippen LogP contribution in [-0.2, 0) is 24.3 Å². The van der Waals surface area contributed by atoms with E-state index in [2.05, 4.69) is 4.98 Å². The van der Waals surface area contributed by atoms with Gasteiger partial charge < -0.3 is 4.90 Å². The molecule has 1 amide bonds. The Hall–Kier alpha value is -1.90. The molecule has 138 valence electrons. The number of likely N-dealkylation sites (tertiary alicyclic amines) is 1. The minimum Gasteiger partial charge on any atom is -0.332 e. The molecule has 0 saturated carbocycles. The number of alkyl halides is 3. The van der Waals surface area contributed by atoms with Crippen LogP contribution >= 0.6 is 0 Å². The summed E-state index contributed by atoms with van der Waals surface area (Å²) in [6.45, 7) is 2.14. The molecule has 1 fully saturated rings. The lowest BCUT2D eigenvalue weighted by molar-refractivity contribution is -0.168. The molecule has 0 aliphatic carbocycles. The molecule has 1 aromatic rings. The summed E-state index contributed by atoms with van der Waals surface area (Å²) >= 11 is 0. The molecule has 0 N–H and O–H groups in total. The Morgan fingerprint density at radius 1 is 1.28 bits per heavy atom. The van der Waals surface area contributed by atoms with Gasteiger partial charge in [0, 0.05) is 31.7 Å². The smallest absolute Gasteiger partial charge is 0.332 e. The van der Waals surface area contributed by atoms with Gasteiger partial charge in [-0.15, -0.1) is 0 Å². The lowest BCUT2D eigenvalue weighted by Crippen LogP contribution is -2.55. The van der Waals surface area contributed by atoms with Gasteiger partial charge in [0.25, 0.3) is 5.56 Å². The highest BCUT2D eigenvalue weighted by Gasteiger charge is 2.40. The molecule has 2 aliphatic rings. The van der Waals surface area contributed by atoms with Crippen LogP contribution in [0.1, 0.15) is 31.0 Å². The fourth-order valence-corrected chi connectivity index (χ4v) is 3.60. The first kappa shape index (κ1) is 17.9. The van der Waals surface area contributed by atoms with Crippen molar-refractivity contribution in [1.29, 1.82) is 0 Å². The van der Waals surface area contributed by atoms with Crippen LogP contribution < -0.4 is 5.56 Å². The lowest BCUT2D eigenvalue weighted by Gasteiger charge is -2.40. The molecule has 1 saturated heterocycles. The number of fused-ring (bicyclic) bond motifs is 1. The van der Waals surface area contributed by atoms with E-state index in [-0.39, 0.29) is 12.1 Å². The average molecular weight is 358 g/mol. The van der Waals surface area contributed by atoms with Crippen molar-refractivity contribution in [2.24, 2.45) is 0 Å². The zero-order chi connectivity index (χ0) is 18.2. The summed E-state index contributed by atoms with van der Waals surface area (Å²) in [5.41, 5.74) is 1.21. The second kappa shape index (κ2) is 6.78. The van der Waals surface area contributed by atoms with Gasteiger partial charge >= 0.3 is 6.18 Å². The summed E-state index contributed by atoms with van der Waals surface area (Å²) < 4.78 is 39.5. The molecule has 1 atom stereocenters. The third-order valence-corrected chi connectivity index (χ3v) is 4.88. The van der Waals surface area contributed by atoms with E-state index in [1.165, 1.54) is 10.9 Å². The van der Waals surface area contributed by atoms with Gasteiger partial charge in [-0.3, -0.25) is 19.1 Å². The molecule has 9 heteroatoms. The zero-order valence-corrected chi connectivity index (χ0v) is 14.1. The van der Waals surface area contributed by atoms with Crippen molar-refractivity contribution in [1.82, 2.24) is 19.4 Å². The van der Waals surface area contributed by atoms with Crippen molar-refractivity contribution in [2.75, 3.05) is 19.6 Å². The van der Waals surface area contributed by atoms with Gasteiger partial charge in [0.1, 0.15) is 6.54 Å². The van der Waals surface area contributed by atoms with E-state index >= 15 is 0 Å². The topological polar surface area (TPSA) is 58.4 Å². The SMILES string of the molecule is CCn1cnc2c(c1=O)CCN([C@@H]1CCCN(CC(F)(F)F)C1=O)C2. The standard InChI is InChI=1S/C16H21F3N4O2/c1-2-21-10-20-12-8-22(7-5-11(12)14(21)24)13-4-3-6-23(15(13)25)9-16(17,18)19/h10,13H,2-9H2,1H3/t13-/m1/s1. The summed E-state index contributed by atoms with van der Waals surface area (Å²) in [6, 6.07) is -0.570. The highest BCUT2D eigenvalue weighted by Crippen LogP contribution is 2.25. The maximum absolute atomic E-state index is 12.6. The third-order valence-electron chi connectivity index (χ3n) is 4.88. The first-order valence-corrected chi connectivity index (χ1v) is 8.47. The van der Waals surface area contributed by atoms with Crippen LogP contribution in [0.2, 0.25) is 0 Å². The second-order valence-electron chi connectivity index (χ2n) is 6.51. The van der Waals surface area contributed by atoms with E-state index in [0.29, 0.717) is 50.2 Å². The highest BCUT2D eigenvalue weighted by atomic mass is 19.4. The largest absolute Gasteiger partial charge is 0.406 e. The van der Waals surface area contributed by atoms with Crippen LogP contribution in [-0.4, -0.2) is 57.1 Å². The number of hydrogen-bond donors (Lipinski definition) is 0. The van der Waals surface area contributed by atoms with Crippen LogP contribution in [0, 0.1) is 0 Å². The number of piperidine rings is 1. The molecule has 0 spiro atoms. The molecule has 25 heavy (non-hydrogen) atoms. The first-order chi connectivity index (χ1) is 11.8. The van der Waals surface area contributed by atoms with Crippen molar-refractivity contribution in [3.8, 4) is 0 Å². The van der Waals surface area contributed by atoms with E-state index in [4.69, 9.17) is 0 Å². The average Bonchev–Trinajstić information content (AvgIpc) is 2.56. The van der Waals surface area contributed by atoms with Gasteiger partial charge in [0.05, 0.1) is 18.1 Å². The van der Waals surface area contributed by atoms with Crippen molar-refractivity contribution < 1.29 is 18.0 Å². The van der Waals surface area contributed by atoms with Crippen LogP contribution in [0.5, 0.6) is 0 Å². The molecular formula is C16H21F3N4O2. The van der Waals surface area contributed by atoms with Crippen molar-refractivity contribution in [3.05, 3.63) is 27.9 Å². The van der Waals surface area contributed by atoms with E-state index in [1.807, 2.05) is 11.8 Å². The summed E-state index contributed by atoms with van der Waals surface area (Å²) in [6.07, 6.45) is -1.36. The van der Waals surface area contributed by atoms with Crippen molar-refractivity contribution in [3.63, 3.8) is 0 Å². The van der Waals surface area contributed by atoms with E-state index < -0.39 is 24.7 Å². The van der Waals surface area contributed by atoms with Crippen LogP contribution in [0.3, 0.4) is 0 Å². The van der Waals surface area contributed by atoms with Crippen molar-refractivity contribution in [2.45, 2.75) is 51.5 Å². The third kappa shape index (κ3) is 3.70. The van der Waals surface area contributed by atoms with E-state index in [9.17, 15) is 22.8 Å². The molecular weight excluding hydrogens is 337 g/mol. The van der Waals surface area contributed by atoms with Gasteiger partial charge in [-0.25, -0.2) is 4.98 Å². The molecule has 2 aliphatic heterocycles. The summed E-state index contributed by atoms with van der Waals surface area (Å²) in [7, 11) is 0. The van der Waals surface area contributed by atoms with Gasteiger partial charge in [0.2, 0.25) is 5.91 Å². The van der Waals surface area contributed by atoms with E-state index in [1.54, 1.807) is 0 Å². The molecule has 0 aromatic carbocycles. The maximum Gasteiger partial charge on any atom is 0.406 e. The number of rotatable bonds is 3. The summed E-state index contributed by atoms with van der Waals surface area (Å²) in [5.74, 6) is -0.478. The summed E-state index contributed by atoms with van der Waals surface area (Å²) in [5, 5.41) is 0. The number of nitrogens with zero attached hydrogens (tertiary/aromatic N) is 4. The van der Waals surface area contributed by atoms with Gasteiger partial charge in [-0.05, 0) is 26.2 Å².